The monoisotopic (exact) mass is 370 g/mol. The number of hydrogen-bond acceptors (Lipinski definition) is 2. The molecule has 3 aromatic carbocycles. The first-order chi connectivity index (χ1) is 12.6. The van der Waals surface area contributed by atoms with Crippen molar-refractivity contribution in [3.05, 3.63) is 48.0 Å². The van der Waals surface area contributed by atoms with E-state index in [4.69, 9.17) is 21.1 Å². The fourth-order valence-corrected chi connectivity index (χ4v) is 3.22. The van der Waals surface area contributed by atoms with Gasteiger partial charge in [0.25, 0.3) is 0 Å². The normalized spacial score (nSPS) is 13.7. The molecule has 2 unspecified atom stereocenters. The first-order valence-electron chi connectivity index (χ1n) is 9.45. The number of benzene rings is 3. The highest BCUT2D eigenvalue weighted by molar-refractivity contribution is 6.17. The third-order valence-electron chi connectivity index (χ3n) is 4.93. The summed E-state index contributed by atoms with van der Waals surface area (Å²) >= 11 is 6.11. The molecule has 0 aliphatic heterocycles. The van der Waals surface area contributed by atoms with Crippen LogP contribution in [0.5, 0.6) is 11.5 Å². The minimum absolute atomic E-state index is 0.141. The van der Waals surface area contributed by atoms with E-state index in [9.17, 15) is 0 Å². The van der Waals surface area contributed by atoms with Gasteiger partial charge in [-0.3, -0.25) is 0 Å². The van der Waals surface area contributed by atoms with Crippen molar-refractivity contribution >= 4 is 33.1 Å². The Morgan fingerprint density at radius 3 is 1.77 bits per heavy atom. The zero-order valence-corrected chi connectivity index (χ0v) is 16.8. The Labute approximate surface area is 161 Å². The number of rotatable bonds is 7. The molecule has 2 nitrogen and oxygen atoms in total. The molecule has 26 heavy (non-hydrogen) atoms. The Hall–Kier alpha value is -1.93. The van der Waals surface area contributed by atoms with Crippen molar-refractivity contribution in [3.63, 3.8) is 0 Å². The lowest BCUT2D eigenvalue weighted by atomic mass is 9.98. The van der Waals surface area contributed by atoms with E-state index < -0.39 is 0 Å². The molecule has 0 bridgehead atoms. The molecule has 3 rings (SSSR count). The second-order valence-electron chi connectivity index (χ2n) is 6.89. The number of halogens is 1. The zero-order valence-electron chi connectivity index (χ0n) is 16.0. The zero-order chi connectivity index (χ0) is 18.7. The van der Waals surface area contributed by atoms with Crippen LogP contribution in [0.15, 0.2) is 42.5 Å². The predicted molar refractivity (Wildman–Crippen MR) is 112 cm³/mol. The van der Waals surface area contributed by atoms with Gasteiger partial charge in [0.2, 0.25) is 0 Å². The maximum atomic E-state index is 6.38. The van der Waals surface area contributed by atoms with Crippen LogP contribution in [0.4, 0.5) is 0 Å². The maximum absolute atomic E-state index is 6.38. The Kier molecular flexibility index (Phi) is 5.93. The smallest absolute Gasteiger partial charge is 0.135 e. The first-order valence-corrected chi connectivity index (χ1v) is 9.99. The maximum Gasteiger partial charge on any atom is 0.135 e. The van der Waals surface area contributed by atoms with E-state index in [-0.39, 0.29) is 12.2 Å². The lowest BCUT2D eigenvalue weighted by molar-refractivity contribution is 0.219. The van der Waals surface area contributed by atoms with E-state index in [1.165, 1.54) is 0 Å². The molecule has 0 spiro atoms. The summed E-state index contributed by atoms with van der Waals surface area (Å²) < 4.78 is 12.7. The minimum atomic E-state index is 0.141. The van der Waals surface area contributed by atoms with Crippen LogP contribution in [0.3, 0.4) is 0 Å². The highest BCUT2D eigenvalue weighted by atomic mass is 35.5. The number of hydrogen-bond donors (Lipinski definition) is 0. The van der Waals surface area contributed by atoms with Crippen LogP contribution in [0.1, 0.15) is 46.1 Å². The van der Waals surface area contributed by atoms with E-state index in [0.29, 0.717) is 5.88 Å². The van der Waals surface area contributed by atoms with Crippen molar-refractivity contribution in [1.82, 2.24) is 0 Å². The predicted octanol–water partition coefficient (Wildman–Crippen LogP) is 7.09. The van der Waals surface area contributed by atoms with Gasteiger partial charge in [-0.25, -0.2) is 0 Å². The van der Waals surface area contributed by atoms with Gasteiger partial charge in [0.05, 0.1) is 12.2 Å². The summed E-state index contributed by atoms with van der Waals surface area (Å²) in [6, 6.07) is 14.7. The molecular formula is C23H27ClO2. The van der Waals surface area contributed by atoms with E-state index in [2.05, 4.69) is 70.2 Å². The van der Waals surface area contributed by atoms with Crippen molar-refractivity contribution < 1.29 is 9.47 Å². The summed E-state index contributed by atoms with van der Waals surface area (Å²) in [4.78, 5) is 0. The number of ether oxygens (including phenoxy) is 2. The fraction of sp³-hybridized carbons (Fsp3) is 0.391. The van der Waals surface area contributed by atoms with Crippen LogP contribution in [0.2, 0.25) is 0 Å². The molecule has 0 amide bonds. The highest BCUT2D eigenvalue weighted by Gasteiger charge is 2.18. The van der Waals surface area contributed by atoms with Crippen LogP contribution >= 0.6 is 11.6 Å². The Balaban J connectivity index is 2.36. The van der Waals surface area contributed by atoms with Crippen LogP contribution < -0.4 is 9.47 Å². The molecule has 0 heterocycles. The van der Waals surface area contributed by atoms with Gasteiger partial charge in [0.15, 0.2) is 0 Å². The standard InChI is InChI=1S/C23H27ClO2/c1-5-15(3)25-22-18-9-7-8-10-19(18)23(26-16(4)6-2)21-13-17(14-24)11-12-20(21)22/h7-13,15-16H,5-6,14H2,1-4H3. The first kappa shape index (κ1) is 18.8. The summed E-state index contributed by atoms with van der Waals surface area (Å²) in [5.41, 5.74) is 1.08. The van der Waals surface area contributed by atoms with E-state index >= 15 is 0 Å². The minimum Gasteiger partial charge on any atom is -0.489 e. The highest BCUT2D eigenvalue weighted by Crippen LogP contribution is 2.44. The third kappa shape index (κ3) is 3.61. The molecule has 3 heteroatoms. The van der Waals surface area contributed by atoms with Crippen molar-refractivity contribution in [2.24, 2.45) is 0 Å². The lowest BCUT2D eigenvalue weighted by Gasteiger charge is -2.22. The molecule has 0 fully saturated rings. The number of fused-ring (bicyclic) bond motifs is 2. The van der Waals surface area contributed by atoms with Gasteiger partial charge in [0.1, 0.15) is 11.5 Å². The molecule has 0 aromatic heterocycles. The number of alkyl halides is 1. The molecule has 0 N–H and O–H groups in total. The van der Waals surface area contributed by atoms with Crippen LogP contribution in [0, 0.1) is 0 Å². The van der Waals surface area contributed by atoms with Gasteiger partial charge < -0.3 is 9.47 Å². The van der Waals surface area contributed by atoms with Crippen LogP contribution in [-0.4, -0.2) is 12.2 Å². The molecule has 138 valence electrons. The van der Waals surface area contributed by atoms with Gasteiger partial charge in [0, 0.05) is 27.4 Å². The molecule has 0 aliphatic rings. The Morgan fingerprint density at radius 2 is 1.27 bits per heavy atom. The van der Waals surface area contributed by atoms with Gasteiger partial charge in [-0.05, 0) is 38.3 Å². The quantitative estimate of drug-likeness (QED) is 0.326. The summed E-state index contributed by atoms with van der Waals surface area (Å²) in [5, 5.41) is 4.33. The van der Waals surface area contributed by atoms with E-state index in [1.807, 2.05) is 0 Å². The molecule has 3 aromatic rings. The average Bonchev–Trinajstić information content (AvgIpc) is 2.69. The third-order valence-corrected chi connectivity index (χ3v) is 5.24. The summed E-state index contributed by atoms with van der Waals surface area (Å²) in [6.07, 6.45) is 2.20. The van der Waals surface area contributed by atoms with Crippen molar-refractivity contribution in [2.45, 2.75) is 58.6 Å². The van der Waals surface area contributed by atoms with Gasteiger partial charge in [-0.15, -0.1) is 11.6 Å². The summed E-state index contributed by atoms with van der Waals surface area (Å²) in [6.45, 7) is 8.49. The summed E-state index contributed by atoms with van der Waals surface area (Å²) in [7, 11) is 0. The fourth-order valence-electron chi connectivity index (χ4n) is 3.05. The molecular weight excluding hydrogens is 344 g/mol. The molecule has 2 atom stereocenters. The molecule has 0 saturated carbocycles. The average molecular weight is 371 g/mol. The second kappa shape index (κ2) is 8.18. The van der Waals surface area contributed by atoms with Gasteiger partial charge in [-0.2, -0.15) is 0 Å². The van der Waals surface area contributed by atoms with E-state index in [0.717, 1.165) is 51.4 Å². The van der Waals surface area contributed by atoms with Crippen molar-refractivity contribution in [1.29, 1.82) is 0 Å². The largest absolute Gasteiger partial charge is 0.489 e. The Bertz CT molecular complexity index is 903. The van der Waals surface area contributed by atoms with E-state index in [1.54, 1.807) is 0 Å². The molecule has 0 radical (unpaired) electrons. The van der Waals surface area contributed by atoms with Gasteiger partial charge in [-0.1, -0.05) is 50.2 Å². The van der Waals surface area contributed by atoms with Crippen LogP contribution in [0.25, 0.3) is 21.5 Å². The Morgan fingerprint density at radius 1 is 0.769 bits per heavy atom. The van der Waals surface area contributed by atoms with Crippen LogP contribution in [-0.2, 0) is 5.88 Å². The summed E-state index contributed by atoms with van der Waals surface area (Å²) in [5.74, 6) is 2.34. The topological polar surface area (TPSA) is 18.5 Å². The van der Waals surface area contributed by atoms with Crippen molar-refractivity contribution in [3.8, 4) is 11.5 Å². The molecule has 0 saturated heterocycles. The second-order valence-corrected chi connectivity index (χ2v) is 7.16. The SMILES string of the molecule is CCC(C)Oc1c2ccccc2c(OC(C)CC)c2cc(CCl)ccc12. The van der Waals surface area contributed by atoms with Crippen molar-refractivity contribution in [2.75, 3.05) is 0 Å². The van der Waals surface area contributed by atoms with Gasteiger partial charge >= 0.3 is 0 Å². The molecule has 0 aliphatic carbocycles. The lowest BCUT2D eigenvalue weighted by Crippen LogP contribution is -2.12.